The molecule has 2 aromatic carbocycles. The van der Waals surface area contributed by atoms with Gasteiger partial charge in [0.25, 0.3) is 0 Å². The lowest BCUT2D eigenvalue weighted by Gasteiger charge is -2.12. The molecule has 2 N–H and O–H groups in total. The fourth-order valence-corrected chi connectivity index (χ4v) is 2.55. The summed E-state index contributed by atoms with van der Waals surface area (Å²) in [4.78, 5) is 11.1. The topological polar surface area (TPSA) is 50.4 Å². The predicted octanol–water partition coefficient (Wildman–Crippen LogP) is 3.23. The zero-order valence-corrected chi connectivity index (χ0v) is 11.9. The van der Waals surface area contributed by atoms with Crippen LogP contribution in [0.25, 0.3) is 0 Å². The minimum atomic E-state index is -0.0646. The van der Waals surface area contributed by atoms with Gasteiger partial charge in [-0.05, 0) is 24.3 Å². The molecule has 1 atom stereocenters. The first kappa shape index (κ1) is 13.5. The van der Waals surface area contributed by atoms with Crippen LogP contribution in [0, 0.1) is 0 Å². The molecule has 0 bridgehead atoms. The van der Waals surface area contributed by atoms with Crippen LogP contribution >= 0.6 is 0 Å². The van der Waals surface area contributed by atoms with Gasteiger partial charge in [0.2, 0.25) is 5.91 Å². The molecule has 0 aliphatic carbocycles. The molecule has 1 amide bonds. The molecule has 4 heteroatoms. The summed E-state index contributed by atoms with van der Waals surface area (Å²) in [5, 5.41) is 6.19. The summed E-state index contributed by atoms with van der Waals surface area (Å²) in [6.07, 6.45) is 0. The van der Waals surface area contributed by atoms with E-state index in [1.807, 2.05) is 42.5 Å². The van der Waals surface area contributed by atoms with Crippen molar-refractivity contribution in [3.05, 3.63) is 54.1 Å². The maximum atomic E-state index is 11.1. The van der Waals surface area contributed by atoms with Crippen molar-refractivity contribution in [2.75, 3.05) is 23.8 Å². The smallest absolute Gasteiger partial charge is 0.221 e. The maximum absolute atomic E-state index is 11.1. The molecule has 21 heavy (non-hydrogen) atoms. The molecule has 4 nitrogen and oxygen atoms in total. The number of para-hydroxylation sites is 1. The highest BCUT2D eigenvalue weighted by Crippen LogP contribution is 2.33. The fraction of sp³-hybridized carbons (Fsp3) is 0.235. The number of carbonyl (C=O) groups is 1. The molecule has 2 aromatic rings. The number of nitrogens with one attached hydrogen (secondary N) is 2. The number of amides is 1. The number of anilines is 2. The maximum Gasteiger partial charge on any atom is 0.221 e. The third kappa shape index (κ3) is 3.16. The van der Waals surface area contributed by atoms with Crippen molar-refractivity contribution in [2.24, 2.45) is 0 Å². The van der Waals surface area contributed by atoms with E-state index in [0.29, 0.717) is 12.5 Å². The Hall–Kier alpha value is -2.49. The van der Waals surface area contributed by atoms with E-state index in [9.17, 15) is 4.79 Å². The first-order valence-electron chi connectivity index (χ1n) is 7.05. The highest BCUT2D eigenvalue weighted by Gasteiger charge is 2.23. The molecule has 1 unspecified atom stereocenters. The normalized spacial score (nSPS) is 16.0. The molecular weight excluding hydrogens is 264 g/mol. The number of hydrogen-bond donors (Lipinski definition) is 2. The van der Waals surface area contributed by atoms with Crippen LogP contribution in [0.3, 0.4) is 0 Å². The van der Waals surface area contributed by atoms with Gasteiger partial charge >= 0.3 is 0 Å². The van der Waals surface area contributed by atoms with E-state index in [1.165, 1.54) is 12.5 Å². The van der Waals surface area contributed by atoms with Gasteiger partial charge in [-0.2, -0.15) is 0 Å². The summed E-state index contributed by atoms with van der Waals surface area (Å²) >= 11 is 0. The van der Waals surface area contributed by atoms with E-state index in [-0.39, 0.29) is 5.91 Å². The van der Waals surface area contributed by atoms with Crippen LogP contribution in [0.15, 0.2) is 48.5 Å². The summed E-state index contributed by atoms with van der Waals surface area (Å²) in [7, 11) is 0. The summed E-state index contributed by atoms with van der Waals surface area (Å²) in [6, 6.07) is 15.9. The standard InChI is InChI=1S/C17H18N2O2/c1-12(20)19-15-6-4-5-14(9-15)18-10-13-11-21-17-8-3-2-7-16(13)17/h2-9,13,18H,10-11H2,1H3,(H,19,20). The number of ether oxygens (including phenoxy) is 1. The van der Waals surface area contributed by atoms with Crippen molar-refractivity contribution in [1.82, 2.24) is 0 Å². The van der Waals surface area contributed by atoms with Gasteiger partial charge in [0.15, 0.2) is 0 Å². The predicted molar refractivity (Wildman–Crippen MR) is 83.9 cm³/mol. The van der Waals surface area contributed by atoms with E-state index < -0.39 is 0 Å². The quantitative estimate of drug-likeness (QED) is 0.905. The van der Waals surface area contributed by atoms with Crippen LogP contribution in [0.2, 0.25) is 0 Å². The second-order valence-corrected chi connectivity index (χ2v) is 5.19. The van der Waals surface area contributed by atoms with Crippen LogP contribution in [0.4, 0.5) is 11.4 Å². The summed E-state index contributed by atoms with van der Waals surface area (Å²) in [5.41, 5.74) is 3.05. The Morgan fingerprint density at radius 3 is 2.86 bits per heavy atom. The molecule has 3 rings (SSSR count). The number of benzene rings is 2. The molecule has 0 radical (unpaired) electrons. The van der Waals surface area contributed by atoms with Gasteiger partial charge < -0.3 is 15.4 Å². The molecular formula is C17H18N2O2. The van der Waals surface area contributed by atoms with Crippen molar-refractivity contribution in [3.63, 3.8) is 0 Å². The highest BCUT2D eigenvalue weighted by molar-refractivity contribution is 5.89. The number of fused-ring (bicyclic) bond motifs is 1. The zero-order chi connectivity index (χ0) is 14.7. The molecule has 0 aromatic heterocycles. The minimum Gasteiger partial charge on any atom is -0.493 e. The minimum absolute atomic E-state index is 0.0646. The van der Waals surface area contributed by atoms with E-state index in [4.69, 9.17) is 4.74 Å². The second kappa shape index (κ2) is 5.87. The van der Waals surface area contributed by atoms with Crippen molar-refractivity contribution < 1.29 is 9.53 Å². The summed E-state index contributed by atoms with van der Waals surface area (Å²) in [6.45, 7) is 3.02. The van der Waals surface area contributed by atoms with E-state index in [0.717, 1.165) is 23.7 Å². The molecule has 0 saturated carbocycles. The van der Waals surface area contributed by atoms with Gasteiger partial charge in [-0.1, -0.05) is 24.3 Å². The number of carbonyl (C=O) groups excluding carboxylic acids is 1. The third-order valence-corrected chi connectivity index (χ3v) is 3.53. The molecule has 0 spiro atoms. The highest BCUT2D eigenvalue weighted by atomic mass is 16.5. The van der Waals surface area contributed by atoms with E-state index in [1.54, 1.807) is 0 Å². The van der Waals surface area contributed by atoms with Gasteiger partial charge in [-0.15, -0.1) is 0 Å². The number of rotatable bonds is 4. The van der Waals surface area contributed by atoms with Crippen molar-refractivity contribution in [3.8, 4) is 5.75 Å². The van der Waals surface area contributed by atoms with Crippen LogP contribution in [0.5, 0.6) is 5.75 Å². The first-order valence-corrected chi connectivity index (χ1v) is 7.05. The monoisotopic (exact) mass is 282 g/mol. The van der Waals surface area contributed by atoms with E-state index >= 15 is 0 Å². The van der Waals surface area contributed by atoms with Crippen molar-refractivity contribution in [1.29, 1.82) is 0 Å². The molecule has 1 aliphatic heterocycles. The van der Waals surface area contributed by atoms with Crippen LogP contribution in [-0.4, -0.2) is 19.1 Å². The summed E-state index contributed by atoms with van der Waals surface area (Å²) < 4.78 is 5.68. The Kier molecular flexibility index (Phi) is 3.77. The average Bonchev–Trinajstić information content (AvgIpc) is 2.88. The SMILES string of the molecule is CC(=O)Nc1cccc(NCC2COc3ccccc32)c1. The zero-order valence-electron chi connectivity index (χ0n) is 11.9. The molecule has 1 aliphatic rings. The molecule has 108 valence electrons. The molecule has 1 heterocycles. The fourth-order valence-electron chi connectivity index (χ4n) is 2.55. The summed E-state index contributed by atoms with van der Waals surface area (Å²) in [5.74, 6) is 1.27. The molecule has 0 saturated heterocycles. The van der Waals surface area contributed by atoms with Crippen LogP contribution < -0.4 is 15.4 Å². The lowest BCUT2D eigenvalue weighted by Crippen LogP contribution is -2.14. The van der Waals surface area contributed by atoms with Gasteiger partial charge in [0, 0.05) is 36.3 Å². The Balaban J connectivity index is 1.65. The molecule has 0 fully saturated rings. The Morgan fingerprint density at radius 1 is 1.19 bits per heavy atom. The average molecular weight is 282 g/mol. The number of hydrogen-bond acceptors (Lipinski definition) is 3. The van der Waals surface area contributed by atoms with Crippen molar-refractivity contribution in [2.45, 2.75) is 12.8 Å². The van der Waals surface area contributed by atoms with Gasteiger partial charge in [0.1, 0.15) is 5.75 Å². The van der Waals surface area contributed by atoms with Crippen LogP contribution in [0.1, 0.15) is 18.4 Å². The first-order chi connectivity index (χ1) is 10.2. The van der Waals surface area contributed by atoms with Gasteiger partial charge in [0.05, 0.1) is 6.61 Å². The van der Waals surface area contributed by atoms with Crippen LogP contribution in [-0.2, 0) is 4.79 Å². The Labute approximate surface area is 124 Å². The lowest BCUT2D eigenvalue weighted by atomic mass is 10.0. The van der Waals surface area contributed by atoms with E-state index in [2.05, 4.69) is 16.7 Å². The second-order valence-electron chi connectivity index (χ2n) is 5.19. The third-order valence-electron chi connectivity index (χ3n) is 3.53. The van der Waals surface area contributed by atoms with Crippen molar-refractivity contribution >= 4 is 17.3 Å². The van der Waals surface area contributed by atoms with Gasteiger partial charge in [-0.3, -0.25) is 4.79 Å². The Bertz CT molecular complexity index is 655. The largest absolute Gasteiger partial charge is 0.493 e. The van der Waals surface area contributed by atoms with Gasteiger partial charge in [-0.25, -0.2) is 0 Å². The Morgan fingerprint density at radius 2 is 2.00 bits per heavy atom. The lowest BCUT2D eigenvalue weighted by molar-refractivity contribution is -0.114.